The first-order chi connectivity index (χ1) is 14.1. The molecule has 2 aromatic carbocycles. The Morgan fingerprint density at radius 3 is 2.79 bits per heavy atom. The van der Waals surface area contributed by atoms with Gasteiger partial charge in [-0.1, -0.05) is 23.4 Å². The molecule has 0 aliphatic carbocycles. The van der Waals surface area contributed by atoms with Crippen molar-refractivity contribution in [2.24, 2.45) is 0 Å². The third-order valence-corrected chi connectivity index (χ3v) is 5.50. The summed E-state index contributed by atoms with van der Waals surface area (Å²) < 4.78 is 6.75. The molecular weight excluding hydrogens is 388 g/mol. The van der Waals surface area contributed by atoms with Crippen molar-refractivity contribution in [2.75, 3.05) is 5.32 Å². The molecule has 0 aliphatic rings. The van der Waals surface area contributed by atoms with Crippen molar-refractivity contribution in [3.63, 3.8) is 0 Å². The second-order valence-corrected chi connectivity index (χ2v) is 7.36. The average molecular weight is 406 g/mol. The van der Waals surface area contributed by atoms with Gasteiger partial charge in [0.25, 0.3) is 5.91 Å². The molecule has 0 bridgehead atoms. The van der Waals surface area contributed by atoms with E-state index in [1.165, 1.54) is 11.0 Å². The number of aryl methyl sites for hydroxylation is 2. The Morgan fingerprint density at radius 2 is 2.03 bits per heavy atom. The topological polar surface area (TPSA) is 98.7 Å². The van der Waals surface area contributed by atoms with Gasteiger partial charge in [0.05, 0.1) is 16.9 Å². The molecule has 4 rings (SSSR count). The Kier molecular flexibility index (Phi) is 5.39. The van der Waals surface area contributed by atoms with Crippen LogP contribution in [0.2, 0.25) is 0 Å². The van der Waals surface area contributed by atoms with Crippen molar-refractivity contribution in [2.45, 2.75) is 24.5 Å². The van der Waals surface area contributed by atoms with Gasteiger partial charge < -0.3 is 9.84 Å². The maximum absolute atomic E-state index is 12.9. The quantitative estimate of drug-likeness (QED) is 0.486. The molecule has 2 heterocycles. The van der Waals surface area contributed by atoms with Gasteiger partial charge in [-0.05, 0) is 54.6 Å². The van der Waals surface area contributed by atoms with Crippen LogP contribution in [-0.2, 0) is 5.75 Å². The van der Waals surface area contributed by atoms with Gasteiger partial charge in [0.2, 0.25) is 0 Å². The van der Waals surface area contributed by atoms with Gasteiger partial charge in [-0.25, -0.2) is 4.68 Å². The summed E-state index contributed by atoms with van der Waals surface area (Å²) in [6.45, 7) is 3.81. The van der Waals surface area contributed by atoms with Crippen LogP contribution in [-0.4, -0.2) is 31.3 Å². The lowest BCUT2D eigenvalue weighted by atomic mass is 10.2. The maximum atomic E-state index is 12.9. The van der Waals surface area contributed by atoms with Gasteiger partial charge >= 0.3 is 0 Å². The minimum Gasteiger partial charge on any atom is -0.361 e. The van der Waals surface area contributed by atoms with Crippen LogP contribution in [0, 0.1) is 13.8 Å². The second-order valence-electron chi connectivity index (χ2n) is 6.35. The van der Waals surface area contributed by atoms with E-state index >= 15 is 0 Å². The number of nitrogens with zero attached hydrogens (tertiary/aromatic N) is 5. The lowest BCUT2D eigenvalue weighted by Crippen LogP contribution is -2.13. The van der Waals surface area contributed by atoms with Crippen LogP contribution in [0.25, 0.3) is 5.69 Å². The number of hydrogen-bond acceptors (Lipinski definition) is 7. The molecule has 0 fully saturated rings. The Morgan fingerprint density at radius 1 is 1.17 bits per heavy atom. The molecule has 1 N–H and O–H groups in total. The van der Waals surface area contributed by atoms with E-state index in [1.54, 1.807) is 11.8 Å². The van der Waals surface area contributed by atoms with Crippen molar-refractivity contribution < 1.29 is 9.32 Å². The first-order valence-electron chi connectivity index (χ1n) is 8.90. The lowest BCUT2D eigenvalue weighted by molar-refractivity contribution is 0.102. The van der Waals surface area contributed by atoms with Crippen molar-refractivity contribution >= 4 is 23.4 Å². The molecule has 0 saturated carbocycles. The van der Waals surface area contributed by atoms with E-state index < -0.39 is 0 Å². The van der Waals surface area contributed by atoms with Crippen LogP contribution in [0.5, 0.6) is 0 Å². The molecule has 9 heteroatoms. The molecule has 0 aliphatic heterocycles. The molecule has 2 aromatic heterocycles. The molecule has 1 amide bonds. The molecule has 0 spiro atoms. The van der Waals surface area contributed by atoms with Gasteiger partial charge in [0, 0.05) is 21.9 Å². The number of aromatic nitrogens is 5. The first-order valence-corrected chi connectivity index (χ1v) is 9.89. The molecule has 0 unspecified atom stereocenters. The number of tetrazole rings is 1. The standard InChI is InChI=1S/C20H18N6O2S/c1-13-18(14(2)28-23-13)11-29-19-9-4-3-8-17(19)20(27)22-15-6-5-7-16(10-15)26-12-21-24-25-26/h3-10,12H,11H2,1-2H3,(H,22,27). The molecule has 8 nitrogen and oxygen atoms in total. The van der Waals surface area contributed by atoms with Crippen LogP contribution in [0.4, 0.5) is 5.69 Å². The van der Waals surface area contributed by atoms with Crippen molar-refractivity contribution in [1.82, 2.24) is 25.4 Å². The van der Waals surface area contributed by atoms with Crippen LogP contribution in [0.15, 0.2) is 64.3 Å². The van der Waals surface area contributed by atoms with Crippen LogP contribution < -0.4 is 5.32 Å². The molecule has 0 atom stereocenters. The summed E-state index contributed by atoms with van der Waals surface area (Å²) >= 11 is 1.58. The molecule has 0 radical (unpaired) electrons. The molecular formula is C20H18N6O2S. The van der Waals surface area contributed by atoms with Crippen molar-refractivity contribution in [3.8, 4) is 5.69 Å². The normalized spacial score (nSPS) is 10.8. The molecule has 0 saturated heterocycles. The summed E-state index contributed by atoms with van der Waals surface area (Å²) in [7, 11) is 0. The van der Waals surface area contributed by atoms with E-state index in [1.807, 2.05) is 62.4 Å². The molecule has 146 valence electrons. The highest BCUT2D eigenvalue weighted by atomic mass is 32.2. The van der Waals surface area contributed by atoms with Gasteiger partial charge in [0.1, 0.15) is 12.1 Å². The van der Waals surface area contributed by atoms with Crippen LogP contribution in [0.3, 0.4) is 0 Å². The second kappa shape index (κ2) is 8.27. The summed E-state index contributed by atoms with van der Waals surface area (Å²) in [6, 6.07) is 14.9. The SMILES string of the molecule is Cc1noc(C)c1CSc1ccccc1C(=O)Nc1cccc(-n2cnnn2)c1. The number of nitrogens with one attached hydrogen (secondary N) is 1. The number of carbonyl (C=O) groups excluding carboxylic acids is 1. The fourth-order valence-electron chi connectivity index (χ4n) is 2.84. The zero-order valence-corrected chi connectivity index (χ0v) is 16.7. The third-order valence-electron chi connectivity index (χ3n) is 4.40. The van der Waals surface area contributed by atoms with Gasteiger partial charge in [0.15, 0.2) is 0 Å². The summed E-state index contributed by atoms with van der Waals surface area (Å²) in [4.78, 5) is 13.8. The zero-order valence-electron chi connectivity index (χ0n) is 15.9. The largest absolute Gasteiger partial charge is 0.361 e. The number of benzene rings is 2. The van der Waals surface area contributed by atoms with E-state index in [4.69, 9.17) is 4.52 Å². The lowest BCUT2D eigenvalue weighted by Gasteiger charge is -2.11. The van der Waals surface area contributed by atoms with Gasteiger partial charge in [-0.15, -0.1) is 16.9 Å². The highest BCUT2D eigenvalue weighted by Gasteiger charge is 2.15. The Labute approximate surface area is 171 Å². The van der Waals surface area contributed by atoms with E-state index in [9.17, 15) is 4.79 Å². The minimum atomic E-state index is -0.180. The number of amides is 1. The molecule has 4 aromatic rings. The Hall–Kier alpha value is -3.46. The minimum absolute atomic E-state index is 0.180. The third kappa shape index (κ3) is 4.19. The van der Waals surface area contributed by atoms with Crippen LogP contribution in [0.1, 0.15) is 27.4 Å². The number of thioether (sulfide) groups is 1. The van der Waals surface area contributed by atoms with E-state index in [-0.39, 0.29) is 5.91 Å². The molecule has 29 heavy (non-hydrogen) atoms. The van der Waals surface area contributed by atoms with Crippen molar-refractivity contribution in [3.05, 3.63) is 77.4 Å². The number of carbonyl (C=O) groups is 1. The maximum Gasteiger partial charge on any atom is 0.256 e. The number of rotatable bonds is 6. The monoisotopic (exact) mass is 406 g/mol. The zero-order chi connectivity index (χ0) is 20.2. The smallest absolute Gasteiger partial charge is 0.256 e. The van der Waals surface area contributed by atoms with Gasteiger partial charge in [-0.2, -0.15) is 0 Å². The Balaban J connectivity index is 1.52. The summed E-state index contributed by atoms with van der Waals surface area (Å²) in [5.74, 6) is 1.30. The van der Waals surface area contributed by atoms with E-state index in [0.29, 0.717) is 17.0 Å². The number of hydrogen-bond donors (Lipinski definition) is 1. The summed E-state index contributed by atoms with van der Waals surface area (Å²) in [6.07, 6.45) is 1.50. The predicted molar refractivity (Wildman–Crippen MR) is 109 cm³/mol. The van der Waals surface area contributed by atoms with Crippen LogP contribution >= 0.6 is 11.8 Å². The van der Waals surface area contributed by atoms with E-state index in [2.05, 4.69) is 26.0 Å². The fourth-order valence-corrected chi connectivity index (χ4v) is 4.05. The predicted octanol–water partition coefficient (Wildman–Crippen LogP) is 3.81. The fraction of sp³-hybridized carbons (Fsp3) is 0.150. The number of anilines is 1. The summed E-state index contributed by atoms with van der Waals surface area (Å²) in [5.41, 5.74) is 3.95. The summed E-state index contributed by atoms with van der Waals surface area (Å²) in [5, 5.41) is 18.1. The highest BCUT2D eigenvalue weighted by Crippen LogP contribution is 2.29. The average Bonchev–Trinajstić information content (AvgIpc) is 3.38. The highest BCUT2D eigenvalue weighted by molar-refractivity contribution is 7.98. The first kappa shape index (κ1) is 18.9. The van der Waals surface area contributed by atoms with E-state index in [0.717, 1.165) is 27.6 Å². The Bertz CT molecular complexity index is 1120. The van der Waals surface area contributed by atoms with Gasteiger partial charge in [-0.3, -0.25) is 4.79 Å². The van der Waals surface area contributed by atoms with Crippen molar-refractivity contribution in [1.29, 1.82) is 0 Å².